The van der Waals surface area contributed by atoms with Crippen LogP contribution in [0, 0.1) is 12.8 Å². The first-order valence-corrected chi connectivity index (χ1v) is 9.48. The van der Waals surface area contributed by atoms with Crippen molar-refractivity contribution in [3.8, 4) is 0 Å². The van der Waals surface area contributed by atoms with Crippen LogP contribution in [0.2, 0.25) is 0 Å². The van der Waals surface area contributed by atoms with Crippen molar-refractivity contribution >= 4 is 11.3 Å². The minimum atomic E-state index is 0.372. The van der Waals surface area contributed by atoms with E-state index in [0.29, 0.717) is 12.0 Å². The third kappa shape index (κ3) is 3.54. The van der Waals surface area contributed by atoms with E-state index in [9.17, 15) is 0 Å². The van der Waals surface area contributed by atoms with Gasteiger partial charge in [-0.05, 0) is 6.92 Å². The molecule has 7 heteroatoms. The second-order valence-electron chi connectivity index (χ2n) is 6.98. The van der Waals surface area contributed by atoms with E-state index in [-0.39, 0.29) is 0 Å². The largest absolute Gasteiger partial charge is 0.375 e. The van der Waals surface area contributed by atoms with Crippen molar-refractivity contribution in [2.45, 2.75) is 26.1 Å². The molecule has 6 nitrogen and oxygen atoms in total. The standard InChI is InChI=1S/C17H25N5OS/c1-13-17(24-12-18-13)11-22-9-15-8-21(3-4-23-16(15)10-22)7-14-5-19-20(2)6-14/h5-6,12,15-16H,3-4,7-11H2,1-2H3/t15-,16+/m0/s1. The Kier molecular flexibility index (Phi) is 4.67. The van der Waals surface area contributed by atoms with Crippen molar-refractivity contribution in [3.05, 3.63) is 34.0 Å². The molecule has 0 saturated carbocycles. The number of thiazole rings is 1. The van der Waals surface area contributed by atoms with Gasteiger partial charge in [-0.15, -0.1) is 11.3 Å². The second-order valence-corrected chi connectivity index (χ2v) is 7.92. The van der Waals surface area contributed by atoms with Crippen LogP contribution < -0.4 is 0 Å². The number of hydrogen-bond donors (Lipinski definition) is 0. The molecule has 0 spiro atoms. The first-order chi connectivity index (χ1) is 11.7. The molecule has 0 aromatic carbocycles. The number of hydrogen-bond acceptors (Lipinski definition) is 6. The van der Waals surface area contributed by atoms with Gasteiger partial charge in [0.25, 0.3) is 0 Å². The molecule has 2 fully saturated rings. The fourth-order valence-corrected chi connectivity index (χ4v) is 4.63. The van der Waals surface area contributed by atoms with Crippen molar-refractivity contribution in [2.24, 2.45) is 13.0 Å². The molecular formula is C17H25N5OS. The van der Waals surface area contributed by atoms with E-state index in [1.807, 2.05) is 23.4 Å². The number of nitrogens with zero attached hydrogens (tertiary/aromatic N) is 5. The number of aryl methyl sites for hydroxylation is 2. The number of aromatic nitrogens is 3. The summed E-state index contributed by atoms with van der Waals surface area (Å²) in [7, 11) is 1.97. The lowest BCUT2D eigenvalue weighted by Crippen LogP contribution is -2.32. The van der Waals surface area contributed by atoms with Crippen molar-refractivity contribution in [2.75, 3.05) is 32.8 Å². The van der Waals surface area contributed by atoms with Gasteiger partial charge in [0.1, 0.15) is 0 Å². The minimum Gasteiger partial charge on any atom is -0.375 e. The summed E-state index contributed by atoms with van der Waals surface area (Å²) in [6.07, 6.45) is 4.45. The Morgan fingerprint density at radius 3 is 2.88 bits per heavy atom. The van der Waals surface area contributed by atoms with Gasteiger partial charge >= 0.3 is 0 Å². The van der Waals surface area contributed by atoms with E-state index >= 15 is 0 Å². The normalized spacial score (nSPS) is 25.8. The van der Waals surface area contributed by atoms with E-state index in [1.165, 1.54) is 16.1 Å². The molecule has 2 aliphatic heterocycles. The van der Waals surface area contributed by atoms with Gasteiger partial charge in [0.15, 0.2) is 0 Å². The molecule has 4 heterocycles. The van der Waals surface area contributed by atoms with Crippen LogP contribution in [-0.4, -0.2) is 63.5 Å². The molecule has 4 rings (SSSR count). The Bertz CT molecular complexity index is 684. The van der Waals surface area contributed by atoms with Crippen LogP contribution in [0.15, 0.2) is 17.9 Å². The summed E-state index contributed by atoms with van der Waals surface area (Å²) in [5, 5.41) is 4.28. The summed E-state index contributed by atoms with van der Waals surface area (Å²) in [5.74, 6) is 0.595. The van der Waals surface area contributed by atoms with Crippen LogP contribution in [0.3, 0.4) is 0 Å². The van der Waals surface area contributed by atoms with Gasteiger partial charge in [0, 0.05) is 68.9 Å². The maximum absolute atomic E-state index is 6.16. The Hall–Kier alpha value is -1.28. The minimum absolute atomic E-state index is 0.372. The number of rotatable bonds is 4. The monoisotopic (exact) mass is 347 g/mol. The summed E-state index contributed by atoms with van der Waals surface area (Å²) >= 11 is 1.77. The van der Waals surface area contributed by atoms with Crippen molar-refractivity contribution in [3.63, 3.8) is 0 Å². The second kappa shape index (κ2) is 6.92. The fraction of sp³-hybridized carbons (Fsp3) is 0.647. The predicted octanol–water partition coefficient (Wildman–Crippen LogP) is 1.52. The molecule has 130 valence electrons. The summed E-state index contributed by atoms with van der Waals surface area (Å²) in [5.41, 5.74) is 4.41. The maximum Gasteiger partial charge on any atom is 0.0798 e. The van der Waals surface area contributed by atoms with Gasteiger partial charge in [-0.3, -0.25) is 14.5 Å². The molecule has 0 radical (unpaired) electrons. The van der Waals surface area contributed by atoms with Crippen molar-refractivity contribution in [1.82, 2.24) is 24.6 Å². The highest BCUT2D eigenvalue weighted by atomic mass is 32.1. The van der Waals surface area contributed by atoms with Crippen LogP contribution in [0.4, 0.5) is 0 Å². The van der Waals surface area contributed by atoms with Gasteiger partial charge in [0.05, 0.1) is 30.1 Å². The van der Waals surface area contributed by atoms with Gasteiger partial charge < -0.3 is 4.74 Å². The molecule has 2 aromatic rings. The molecule has 0 bridgehead atoms. The summed E-state index contributed by atoms with van der Waals surface area (Å²) in [4.78, 5) is 10.8. The SMILES string of the molecule is Cc1ncsc1CN1C[C@@H]2CN(Cc3cnn(C)c3)CCO[C@@H]2C1. The Balaban J connectivity index is 1.37. The molecule has 0 N–H and O–H groups in total. The predicted molar refractivity (Wildman–Crippen MR) is 93.8 cm³/mol. The molecular weight excluding hydrogens is 322 g/mol. The van der Waals surface area contributed by atoms with E-state index < -0.39 is 0 Å². The fourth-order valence-electron chi connectivity index (χ4n) is 3.81. The highest BCUT2D eigenvalue weighted by Gasteiger charge is 2.36. The van der Waals surface area contributed by atoms with Crippen LogP contribution in [0.1, 0.15) is 16.1 Å². The summed E-state index contributed by atoms with van der Waals surface area (Å²) in [6, 6.07) is 0. The number of likely N-dealkylation sites (tertiary alicyclic amines) is 1. The topological polar surface area (TPSA) is 46.4 Å². The van der Waals surface area contributed by atoms with Crippen molar-refractivity contribution < 1.29 is 4.74 Å². The van der Waals surface area contributed by atoms with E-state index in [2.05, 4.69) is 33.0 Å². The van der Waals surface area contributed by atoms with Gasteiger partial charge in [-0.25, -0.2) is 4.98 Å². The third-order valence-electron chi connectivity index (χ3n) is 5.07. The zero-order valence-electron chi connectivity index (χ0n) is 14.4. The lowest BCUT2D eigenvalue weighted by atomic mass is 10.1. The van der Waals surface area contributed by atoms with Gasteiger partial charge in [0.2, 0.25) is 0 Å². The zero-order valence-corrected chi connectivity index (χ0v) is 15.2. The highest BCUT2D eigenvalue weighted by Crippen LogP contribution is 2.27. The first kappa shape index (κ1) is 16.2. The average molecular weight is 347 g/mol. The smallest absolute Gasteiger partial charge is 0.0798 e. The van der Waals surface area contributed by atoms with Gasteiger partial charge in [-0.2, -0.15) is 5.10 Å². The van der Waals surface area contributed by atoms with Crippen LogP contribution in [0.25, 0.3) is 0 Å². The first-order valence-electron chi connectivity index (χ1n) is 8.60. The zero-order chi connectivity index (χ0) is 16.5. The quantitative estimate of drug-likeness (QED) is 0.839. The Labute approximate surface area is 147 Å². The molecule has 0 aliphatic carbocycles. The number of ether oxygens (including phenoxy) is 1. The van der Waals surface area contributed by atoms with Crippen LogP contribution in [0.5, 0.6) is 0 Å². The maximum atomic E-state index is 6.16. The number of fused-ring (bicyclic) bond motifs is 1. The molecule has 2 aliphatic rings. The molecule has 2 atom stereocenters. The lowest BCUT2D eigenvalue weighted by molar-refractivity contribution is 0.0510. The summed E-state index contributed by atoms with van der Waals surface area (Å²) in [6.45, 7) is 9.19. The van der Waals surface area contributed by atoms with Crippen molar-refractivity contribution in [1.29, 1.82) is 0 Å². The van der Waals surface area contributed by atoms with Crippen LogP contribution in [-0.2, 0) is 24.9 Å². The Morgan fingerprint density at radius 1 is 1.25 bits per heavy atom. The van der Waals surface area contributed by atoms with Crippen LogP contribution >= 0.6 is 11.3 Å². The summed E-state index contributed by atoms with van der Waals surface area (Å²) < 4.78 is 8.04. The average Bonchev–Trinajstić information content (AvgIpc) is 3.20. The van der Waals surface area contributed by atoms with E-state index in [4.69, 9.17) is 4.74 Å². The molecule has 0 unspecified atom stereocenters. The molecule has 2 saturated heterocycles. The molecule has 0 amide bonds. The lowest BCUT2D eigenvalue weighted by Gasteiger charge is -2.22. The Morgan fingerprint density at radius 2 is 2.12 bits per heavy atom. The van der Waals surface area contributed by atoms with E-state index in [0.717, 1.165) is 45.9 Å². The van der Waals surface area contributed by atoms with Gasteiger partial charge in [-0.1, -0.05) is 0 Å². The third-order valence-corrected chi connectivity index (χ3v) is 5.99. The highest BCUT2D eigenvalue weighted by molar-refractivity contribution is 7.09. The molecule has 24 heavy (non-hydrogen) atoms. The molecule has 2 aromatic heterocycles. The van der Waals surface area contributed by atoms with E-state index in [1.54, 1.807) is 11.3 Å².